The molecule has 1 aromatic carbocycles. The summed E-state index contributed by atoms with van der Waals surface area (Å²) in [6.07, 6.45) is 5.44. The molecule has 3 aromatic rings. The van der Waals surface area contributed by atoms with Crippen molar-refractivity contribution in [1.82, 2.24) is 9.97 Å². The number of dihydropyridines is 1. The van der Waals surface area contributed by atoms with Crippen LogP contribution in [-0.4, -0.2) is 21.5 Å². The number of oxazole rings is 1. The molecule has 5 rings (SSSR count). The Balaban J connectivity index is 1.54. The number of fused-ring (bicyclic) bond motifs is 1. The number of pyridine rings is 1. The molecule has 0 fully saturated rings. The summed E-state index contributed by atoms with van der Waals surface area (Å²) in [5.41, 5.74) is 5.45. The van der Waals surface area contributed by atoms with Crippen molar-refractivity contribution >= 4 is 38.5 Å². The van der Waals surface area contributed by atoms with Gasteiger partial charge < -0.3 is 4.42 Å². The summed E-state index contributed by atoms with van der Waals surface area (Å²) in [7, 11) is 0. The van der Waals surface area contributed by atoms with E-state index in [9.17, 15) is 4.79 Å². The van der Waals surface area contributed by atoms with Gasteiger partial charge in [0.2, 0.25) is 5.89 Å². The maximum atomic E-state index is 12.7. The zero-order chi connectivity index (χ0) is 19.1. The summed E-state index contributed by atoms with van der Waals surface area (Å²) in [4.78, 5) is 26.8. The second-order valence-electron chi connectivity index (χ2n) is 7.19. The summed E-state index contributed by atoms with van der Waals surface area (Å²) >= 11 is 3.58. The molecule has 0 saturated heterocycles. The third-order valence-electron chi connectivity index (χ3n) is 5.31. The average Bonchev–Trinajstić information content (AvgIpc) is 3.10. The lowest BCUT2D eigenvalue weighted by molar-refractivity contribution is -0.116. The molecule has 2 aliphatic rings. The number of Topliss-reactive ketones (excluding diaryl/α,β-unsaturated/α-hetero) is 1. The highest BCUT2D eigenvalue weighted by Gasteiger charge is 2.34. The maximum Gasteiger partial charge on any atom is 0.201 e. The third kappa shape index (κ3) is 3.11. The van der Waals surface area contributed by atoms with Gasteiger partial charge in [0.1, 0.15) is 11.6 Å². The molecule has 0 N–H and O–H groups in total. The summed E-state index contributed by atoms with van der Waals surface area (Å²) in [5.74, 6) is 0.860. The molecule has 0 amide bonds. The van der Waals surface area contributed by atoms with Crippen LogP contribution in [0.1, 0.15) is 43.3 Å². The van der Waals surface area contributed by atoms with E-state index < -0.39 is 0 Å². The van der Waals surface area contributed by atoms with Crippen LogP contribution in [0.4, 0.5) is 0 Å². The molecule has 6 heteroatoms. The van der Waals surface area contributed by atoms with E-state index in [-0.39, 0.29) is 11.8 Å². The van der Waals surface area contributed by atoms with Crippen molar-refractivity contribution in [3.8, 4) is 0 Å². The van der Waals surface area contributed by atoms with Gasteiger partial charge >= 0.3 is 0 Å². The van der Waals surface area contributed by atoms with Crippen LogP contribution in [0.25, 0.3) is 11.1 Å². The van der Waals surface area contributed by atoms with Crippen molar-refractivity contribution in [3.05, 3.63) is 69.8 Å². The fourth-order valence-corrected chi connectivity index (χ4v) is 4.54. The van der Waals surface area contributed by atoms with Gasteiger partial charge in [-0.05, 0) is 53.0 Å². The molecular formula is C22H18BrN3O2. The monoisotopic (exact) mass is 435 g/mol. The Morgan fingerprint density at radius 3 is 2.89 bits per heavy atom. The van der Waals surface area contributed by atoms with Gasteiger partial charge in [-0.3, -0.25) is 14.8 Å². The van der Waals surface area contributed by atoms with E-state index >= 15 is 0 Å². The Labute approximate surface area is 170 Å². The smallest absolute Gasteiger partial charge is 0.201 e. The van der Waals surface area contributed by atoms with Crippen LogP contribution in [0.3, 0.4) is 0 Å². The Morgan fingerprint density at radius 1 is 1.14 bits per heavy atom. The Hall–Kier alpha value is -2.60. The van der Waals surface area contributed by atoms with E-state index in [1.54, 1.807) is 6.20 Å². The average molecular weight is 436 g/mol. The minimum Gasteiger partial charge on any atom is -0.440 e. The lowest BCUT2D eigenvalue weighted by atomic mass is 9.80. The molecule has 140 valence electrons. The van der Waals surface area contributed by atoms with E-state index in [0.29, 0.717) is 25.2 Å². The predicted octanol–water partition coefficient (Wildman–Crippen LogP) is 5.16. The van der Waals surface area contributed by atoms with Gasteiger partial charge in [0.25, 0.3) is 0 Å². The molecular weight excluding hydrogens is 418 g/mol. The van der Waals surface area contributed by atoms with Crippen LogP contribution in [0.5, 0.6) is 0 Å². The number of para-hydroxylation sites is 2. The summed E-state index contributed by atoms with van der Waals surface area (Å²) < 4.78 is 6.77. The number of aliphatic imine (C=N–C) groups is 1. The van der Waals surface area contributed by atoms with Gasteiger partial charge in [-0.25, -0.2) is 4.98 Å². The number of allylic oxidation sites excluding steroid dienone is 1. The van der Waals surface area contributed by atoms with Crippen molar-refractivity contribution in [1.29, 1.82) is 0 Å². The van der Waals surface area contributed by atoms with Crippen molar-refractivity contribution in [3.63, 3.8) is 0 Å². The van der Waals surface area contributed by atoms with E-state index in [1.807, 2.05) is 36.4 Å². The summed E-state index contributed by atoms with van der Waals surface area (Å²) in [6.45, 7) is 0. The maximum absolute atomic E-state index is 12.7. The number of rotatable bonds is 3. The highest BCUT2D eigenvalue weighted by atomic mass is 79.9. The second kappa shape index (κ2) is 7.09. The number of carbonyl (C=O) groups excluding carboxylic acids is 1. The predicted molar refractivity (Wildman–Crippen MR) is 110 cm³/mol. The van der Waals surface area contributed by atoms with Crippen LogP contribution >= 0.6 is 15.9 Å². The van der Waals surface area contributed by atoms with Crippen molar-refractivity contribution in [2.45, 2.75) is 38.1 Å². The zero-order valence-corrected chi connectivity index (χ0v) is 16.8. The topological polar surface area (TPSA) is 68.3 Å². The normalized spacial score (nSPS) is 19.7. The first-order valence-electron chi connectivity index (χ1n) is 9.44. The van der Waals surface area contributed by atoms with E-state index in [0.717, 1.165) is 45.4 Å². The zero-order valence-electron chi connectivity index (χ0n) is 15.2. The Bertz CT molecular complexity index is 1110. The SMILES string of the molecule is O=C1CCCC2=C1C(c1ncccc1Br)N=C(Cc1nc3ccccc3o1)C2. The number of ketones is 1. The van der Waals surface area contributed by atoms with E-state index in [1.165, 1.54) is 5.57 Å². The number of nitrogens with zero attached hydrogens (tertiary/aromatic N) is 3. The molecule has 0 spiro atoms. The molecule has 1 unspecified atom stereocenters. The molecule has 1 aliphatic carbocycles. The molecule has 0 radical (unpaired) electrons. The number of aromatic nitrogens is 2. The molecule has 1 aliphatic heterocycles. The van der Waals surface area contributed by atoms with Crippen molar-refractivity contribution < 1.29 is 9.21 Å². The molecule has 2 aromatic heterocycles. The summed E-state index contributed by atoms with van der Waals surface area (Å²) in [6, 6.07) is 11.2. The minimum absolute atomic E-state index is 0.202. The Kier molecular flexibility index (Phi) is 4.43. The number of hydrogen-bond acceptors (Lipinski definition) is 5. The fourth-order valence-electron chi connectivity index (χ4n) is 4.07. The molecule has 0 bridgehead atoms. The largest absolute Gasteiger partial charge is 0.440 e. The molecule has 5 nitrogen and oxygen atoms in total. The van der Waals surface area contributed by atoms with Crippen molar-refractivity contribution in [2.24, 2.45) is 4.99 Å². The first kappa shape index (κ1) is 17.5. The van der Waals surface area contributed by atoms with Crippen LogP contribution in [0.15, 0.2) is 67.6 Å². The Morgan fingerprint density at radius 2 is 2.04 bits per heavy atom. The number of hydrogen-bond donors (Lipinski definition) is 0. The number of halogens is 1. The number of carbonyl (C=O) groups is 1. The van der Waals surface area contributed by atoms with Crippen LogP contribution in [0, 0.1) is 0 Å². The lowest BCUT2D eigenvalue weighted by Gasteiger charge is -2.29. The van der Waals surface area contributed by atoms with Crippen LogP contribution in [-0.2, 0) is 11.2 Å². The summed E-state index contributed by atoms with van der Waals surface area (Å²) in [5, 5.41) is 0. The third-order valence-corrected chi connectivity index (χ3v) is 5.98. The van der Waals surface area contributed by atoms with E-state index in [4.69, 9.17) is 9.41 Å². The lowest BCUT2D eigenvalue weighted by Crippen LogP contribution is -2.25. The van der Waals surface area contributed by atoms with Gasteiger partial charge in [-0.15, -0.1) is 0 Å². The van der Waals surface area contributed by atoms with Gasteiger partial charge in [-0.2, -0.15) is 0 Å². The first-order chi connectivity index (χ1) is 13.7. The second-order valence-corrected chi connectivity index (χ2v) is 8.05. The van der Waals surface area contributed by atoms with Crippen LogP contribution in [0.2, 0.25) is 0 Å². The van der Waals surface area contributed by atoms with Crippen LogP contribution < -0.4 is 0 Å². The van der Waals surface area contributed by atoms with Gasteiger partial charge in [-0.1, -0.05) is 17.7 Å². The standard InChI is InChI=1S/C22H18BrN3O2/c23-15-6-4-10-24-21(15)22-20-13(5-3-8-17(20)27)11-14(25-22)12-19-26-16-7-1-2-9-18(16)28-19/h1-2,4,6-7,9-10,22H,3,5,8,11-12H2. The van der Waals surface area contributed by atoms with Gasteiger partial charge in [0.05, 0.1) is 12.1 Å². The molecule has 3 heterocycles. The van der Waals surface area contributed by atoms with Gasteiger partial charge in [0.15, 0.2) is 11.4 Å². The molecule has 1 atom stereocenters. The molecule has 0 saturated carbocycles. The first-order valence-corrected chi connectivity index (χ1v) is 10.2. The quantitative estimate of drug-likeness (QED) is 0.569. The molecule has 28 heavy (non-hydrogen) atoms. The number of benzene rings is 1. The van der Waals surface area contributed by atoms with Crippen molar-refractivity contribution in [2.75, 3.05) is 0 Å². The highest BCUT2D eigenvalue weighted by molar-refractivity contribution is 9.10. The fraction of sp³-hybridized carbons (Fsp3) is 0.273. The van der Waals surface area contributed by atoms with E-state index in [2.05, 4.69) is 25.9 Å². The van der Waals surface area contributed by atoms with Gasteiger partial charge in [0, 0.05) is 34.8 Å². The highest BCUT2D eigenvalue weighted by Crippen LogP contribution is 2.41. The minimum atomic E-state index is -0.355.